The van der Waals surface area contributed by atoms with E-state index in [1.54, 1.807) is 12.5 Å². The molecule has 204 valence electrons. The molecule has 5 rings (SSSR count). The summed E-state index contributed by atoms with van der Waals surface area (Å²) in [5, 5.41) is 0. The van der Waals surface area contributed by atoms with Crippen LogP contribution in [0, 0.1) is 12.8 Å². The second-order valence-electron chi connectivity index (χ2n) is 10.5. The van der Waals surface area contributed by atoms with Gasteiger partial charge in [0.2, 0.25) is 10.0 Å². The van der Waals surface area contributed by atoms with Crippen LogP contribution >= 0.6 is 0 Å². The first-order chi connectivity index (χ1) is 18.1. The summed E-state index contributed by atoms with van der Waals surface area (Å²) >= 11 is 0. The SMILES string of the molecule is Cc1ccc2c(c1)N(Cc1cnc[nH]1)C(CCC1CCCC1)CN(S(=O)(=O)c1ccc(C(F)(F)F)cc1)C2. The maximum absolute atomic E-state index is 13.8. The zero-order valence-electron chi connectivity index (χ0n) is 21.4. The number of H-pyrrole nitrogens is 1. The number of hydrogen-bond acceptors (Lipinski definition) is 4. The number of alkyl halides is 3. The zero-order valence-corrected chi connectivity index (χ0v) is 22.2. The fourth-order valence-electron chi connectivity index (χ4n) is 5.75. The molecule has 0 bridgehead atoms. The van der Waals surface area contributed by atoms with Crippen molar-refractivity contribution >= 4 is 15.7 Å². The minimum atomic E-state index is -4.53. The molecule has 0 amide bonds. The van der Waals surface area contributed by atoms with Crippen LogP contribution in [0.1, 0.15) is 60.9 Å². The van der Waals surface area contributed by atoms with E-state index in [2.05, 4.69) is 20.9 Å². The van der Waals surface area contributed by atoms with Crippen LogP contribution in [-0.4, -0.2) is 35.3 Å². The van der Waals surface area contributed by atoms with Crippen molar-refractivity contribution in [3.8, 4) is 0 Å². The summed E-state index contributed by atoms with van der Waals surface area (Å²) in [7, 11) is -4.04. The molecule has 1 aromatic heterocycles. The van der Waals surface area contributed by atoms with Crippen molar-refractivity contribution in [1.82, 2.24) is 14.3 Å². The Morgan fingerprint density at radius 1 is 1.05 bits per heavy atom. The van der Waals surface area contributed by atoms with Gasteiger partial charge in [-0.05, 0) is 67.1 Å². The molecule has 1 N–H and O–H groups in total. The third kappa shape index (κ3) is 5.76. The van der Waals surface area contributed by atoms with Crippen LogP contribution in [0.15, 0.2) is 59.9 Å². The number of aromatic amines is 1. The molecule has 1 saturated carbocycles. The fourth-order valence-corrected chi connectivity index (χ4v) is 7.21. The highest BCUT2D eigenvalue weighted by atomic mass is 32.2. The van der Waals surface area contributed by atoms with Gasteiger partial charge in [-0.15, -0.1) is 0 Å². The predicted octanol–water partition coefficient (Wildman–Crippen LogP) is 6.29. The lowest BCUT2D eigenvalue weighted by molar-refractivity contribution is -0.137. The summed E-state index contributed by atoms with van der Waals surface area (Å²) in [4.78, 5) is 9.50. The van der Waals surface area contributed by atoms with E-state index < -0.39 is 21.8 Å². The summed E-state index contributed by atoms with van der Waals surface area (Å²) in [6, 6.07) is 9.72. The Hall–Kier alpha value is -2.85. The molecule has 1 atom stereocenters. The first-order valence-electron chi connectivity index (χ1n) is 13.1. The van der Waals surface area contributed by atoms with Gasteiger partial charge in [-0.3, -0.25) is 0 Å². The first kappa shape index (κ1) is 26.7. The molecule has 2 heterocycles. The van der Waals surface area contributed by atoms with Crippen LogP contribution in [0.2, 0.25) is 0 Å². The Labute approximate surface area is 221 Å². The van der Waals surface area contributed by atoms with Gasteiger partial charge in [0.15, 0.2) is 0 Å². The minimum absolute atomic E-state index is 0.105. The second-order valence-corrected chi connectivity index (χ2v) is 12.5. The number of imidazole rings is 1. The molecular weight excluding hydrogens is 513 g/mol. The number of rotatable bonds is 7. The molecular formula is C28H33F3N4O2S. The minimum Gasteiger partial charge on any atom is -0.361 e. The highest BCUT2D eigenvalue weighted by Gasteiger charge is 2.36. The third-order valence-electron chi connectivity index (χ3n) is 7.85. The molecule has 1 aliphatic carbocycles. The van der Waals surface area contributed by atoms with E-state index in [1.807, 2.05) is 19.1 Å². The predicted molar refractivity (Wildman–Crippen MR) is 140 cm³/mol. The average molecular weight is 547 g/mol. The van der Waals surface area contributed by atoms with Crippen molar-refractivity contribution in [2.45, 2.75) is 75.7 Å². The molecule has 0 saturated heterocycles. The van der Waals surface area contributed by atoms with E-state index in [0.717, 1.165) is 59.6 Å². The van der Waals surface area contributed by atoms with Crippen LogP contribution in [0.3, 0.4) is 0 Å². The van der Waals surface area contributed by atoms with Gasteiger partial charge in [-0.25, -0.2) is 13.4 Å². The Morgan fingerprint density at radius 2 is 1.79 bits per heavy atom. The number of anilines is 1. The summed E-state index contributed by atoms with van der Waals surface area (Å²) < 4.78 is 68.4. The van der Waals surface area contributed by atoms with Crippen LogP contribution in [-0.2, 0) is 29.3 Å². The molecule has 1 fully saturated rings. The largest absolute Gasteiger partial charge is 0.416 e. The van der Waals surface area contributed by atoms with E-state index in [0.29, 0.717) is 12.5 Å². The van der Waals surface area contributed by atoms with Gasteiger partial charge < -0.3 is 9.88 Å². The second kappa shape index (κ2) is 10.7. The van der Waals surface area contributed by atoms with Crippen molar-refractivity contribution in [3.63, 3.8) is 0 Å². The highest BCUT2D eigenvalue weighted by molar-refractivity contribution is 7.89. The molecule has 6 nitrogen and oxygen atoms in total. The van der Waals surface area contributed by atoms with E-state index in [1.165, 1.54) is 30.0 Å². The van der Waals surface area contributed by atoms with Crippen LogP contribution in [0.5, 0.6) is 0 Å². The number of fused-ring (bicyclic) bond motifs is 1. The number of nitrogens with one attached hydrogen (secondary N) is 1. The number of nitrogens with zero attached hydrogens (tertiary/aromatic N) is 3. The summed E-state index contributed by atoms with van der Waals surface area (Å²) in [5.74, 6) is 0.643. The topological polar surface area (TPSA) is 69.3 Å². The summed E-state index contributed by atoms with van der Waals surface area (Å²) in [6.45, 7) is 2.97. The Kier molecular flexibility index (Phi) is 7.55. The van der Waals surface area contributed by atoms with E-state index >= 15 is 0 Å². The smallest absolute Gasteiger partial charge is 0.361 e. The number of sulfonamides is 1. The Morgan fingerprint density at radius 3 is 2.45 bits per heavy atom. The molecule has 38 heavy (non-hydrogen) atoms. The molecule has 10 heteroatoms. The molecule has 0 spiro atoms. The molecule has 1 aliphatic heterocycles. The van der Waals surface area contributed by atoms with Crippen molar-refractivity contribution in [2.24, 2.45) is 5.92 Å². The Bertz CT molecular complexity index is 1340. The van der Waals surface area contributed by atoms with Crippen LogP contribution in [0.25, 0.3) is 0 Å². The molecule has 2 aromatic carbocycles. The standard InChI is InChI=1S/C28H33F3N4O2S/c1-20-6-8-22-16-34(38(36,37)26-12-9-23(10-13-26)28(29,30)31)18-25(11-7-21-4-2-3-5-21)35(27(22)14-20)17-24-15-32-19-33-24/h6,8-10,12-15,19,21,25H,2-5,7,11,16-18H2,1H3,(H,32,33). The van der Waals surface area contributed by atoms with Gasteiger partial charge in [0, 0.05) is 31.0 Å². The zero-order chi connectivity index (χ0) is 26.9. The van der Waals surface area contributed by atoms with Crippen LogP contribution in [0.4, 0.5) is 18.9 Å². The monoisotopic (exact) mass is 546 g/mol. The molecule has 1 unspecified atom stereocenters. The normalized spacial score (nSPS) is 19.5. The van der Waals surface area contributed by atoms with Crippen molar-refractivity contribution in [2.75, 3.05) is 11.4 Å². The van der Waals surface area contributed by atoms with Gasteiger partial charge in [0.25, 0.3) is 0 Å². The maximum Gasteiger partial charge on any atom is 0.416 e. The van der Waals surface area contributed by atoms with E-state index in [9.17, 15) is 21.6 Å². The van der Waals surface area contributed by atoms with Gasteiger partial charge in [0.1, 0.15) is 0 Å². The van der Waals surface area contributed by atoms with Crippen LogP contribution < -0.4 is 4.90 Å². The lowest BCUT2D eigenvalue weighted by atomic mass is 9.97. The van der Waals surface area contributed by atoms with Gasteiger partial charge in [0.05, 0.1) is 29.0 Å². The van der Waals surface area contributed by atoms with Gasteiger partial charge in [-0.2, -0.15) is 17.5 Å². The number of aryl methyl sites for hydroxylation is 1. The molecule has 3 aromatic rings. The average Bonchev–Trinajstić information content (AvgIpc) is 3.57. The van der Waals surface area contributed by atoms with Crippen molar-refractivity contribution in [1.29, 1.82) is 0 Å². The van der Waals surface area contributed by atoms with Crippen molar-refractivity contribution < 1.29 is 21.6 Å². The number of hydrogen-bond donors (Lipinski definition) is 1. The fraction of sp³-hybridized carbons (Fsp3) is 0.464. The number of aromatic nitrogens is 2. The van der Waals surface area contributed by atoms with Gasteiger partial charge >= 0.3 is 6.18 Å². The van der Waals surface area contributed by atoms with Crippen molar-refractivity contribution in [3.05, 3.63) is 77.4 Å². The quantitative estimate of drug-likeness (QED) is 0.378. The van der Waals surface area contributed by atoms with E-state index in [-0.39, 0.29) is 24.0 Å². The highest BCUT2D eigenvalue weighted by Crippen LogP contribution is 2.37. The number of benzene rings is 2. The molecule has 0 radical (unpaired) electrons. The third-order valence-corrected chi connectivity index (χ3v) is 9.68. The lowest BCUT2D eigenvalue weighted by Crippen LogP contribution is -2.43. The first-order valence-corrected chi connectivity index (χ1v) is 14.6. The summed E-state index contributed by atoms with van der Waals surface area (Å²) in [5.41, 5.74) is 3.00. The maximum atomic E-state index is 13.8. The number of halogens is 3. The molecule has 2 aliphatic rings. The summed E-state index contributed by atoms with van der Waals surface area (Å²) in [6.07, 6.45) is 5.62. The van der Waals surface area contributed by atoms with Gasteiger partial charge in [-0.1, -0.05) is 37.8 Å². The van der Waals surface area contributed by atoms with E-state index in [4.69, 9.17) is 0 Å². The Balaban J connectivity index is 1.52. The lowest BCUT2D eigenvalue weighted by Gasteiger charge is -2.34.